The number of esters is 2. The lowest BCUT2D eigenvalue weighted by atomic mass is 10.1. The van der Waals surface area contributed by atoms with Gasteiger partial charge in [-0.25, -0.2) is 9.59 Å². The molecule has 2 rings (SSSR count). The van der Waals surface area contributed by atoms with Crippen molar-refractivity contribution in [1.29, 1.82) is 0 Å². The predicted molar refractivity (Wildman–Crippen MR) is 117 cm³/mol. The fraction of sp³-hybridized carbons (Fsp3) is 0.304. The van der Waals surface area contributed by atoms with Gasteiger partial charge in [0.15, 0.2) is 0 Å². The van der Waals surface area contributed by atoms with Gasteiger partial charge < -0.3 is 19.1 Å². The molecule has 0 amide bonds. The zero-order chi connectivity index (χ0) is 22.3. The average Bonchev–Trinajstić information content (AvgIpc) is 2.66. The highest BCUT2D eigenvalue weighted by Crippen LogP contribution is 2.36. The van der Waals surface area contributed by atoms with Crippen LogP contribution in [0, 0.1) is 0 Å². The molecule has 2 aromatic carbocycles. The van der Waals surface area contributed by atoms with Gasteiger partial charge in [0, 0.05) is 30.1 Å². The summed E-state index contributed by atoms with van der Waals surface area (Å²) in [6.07, 6.45) is 1.49. The van der Waals surface area contributed by atoms with Crippen LogP contribution >= 0.6 is 11.8 Å². The third-order valence-electron chi connectivity index (χ3n) is 3.54. The van der Waals surface area contributed by atoms with Crippen LogP contribution in [0.5, 0.6) is 5.75 Å². The summed E-state index contributed by atoms with van der Waals surface area (Å²) < 4.78 is 16.3. The number of carbonyl (C=O) groups excluding carboxylic acids is 2. The summed E-state index contributed by atoms with van der Waals surface area (Å²) in [4.78, 5) is 28.5. The minimum atomic E-state index is -0.691. The molecule has 30 heavy (non-hydrogen) atoms. The van der Waals surface area contributed by atoms with E-state index in [0.717, 1.165) is 4.90 Å². The normalized spacial score (nSPS) is 11.6. The van der Waals surface area contributed by atoms with Crippen molar-refractivity contribution < 1.29 is 23.8 Å². The first-order chi connectivity index (χ1) is 14.1. The van der Waals surface area contributed by atoms with Crippen LogP contribution in [0.1, 0.15) is 31.1 Å². The topological polar surface area (TPSA) is 65.1 Å². The van der Waals surface area contributed by atoms with Crippen LogP contribution in [0.4, 0.5) is 0 Å². The fourth-order valence-corrected chi connectivity index (χ4v) is 3.38. The molecule has 0 unspecified atom stereocenters. The van der Waals surface area contributed by atoms with Gasteiger partial charge in [-0.1, -0.05) is 36.0 Å². The van der Waals surface area contributed by atoms with E-state index in [1.54, 1.807) is 51.9 Å². The van der Waals surface area contributed by atoms with E-state index in [1.807, 2.05) is 36.4 Å². The van der Waals surface area contributed by atoms with E-state index in [1.165, 1.54) is 25.1 Å². The van der Waals surface area contributed by atoms with Gasteiger partial charge in [0.25, 0.3) is 0 Å². The van der Waals surface area contributed by atoms with E-state index in [-0.39, 0.29) is 17.1 Å². The Hall–Kier alpha value is -2.93. The lowest BCUT2D eigenvalue weighted by molar-refractivity contribution is -0.138. The van der Waals surface area contributed by atoms with Crippen LogP contribution in [0.3, 0.4) is 0 Å². The molecule has 0 aromatic heterocycles. The molecule has 0 heterocycles. The number of rotatable bonds is 7. The van der Waals surface area contributed by atoms with Gasteiger partial charge in [-0.3, -0.25) is 0 Å². The van der Waals surface area contributed by atoms with Crippen molar-refractivity contribution in [1.82, 2.24) is 4.90 Å². The van der Waals surface area contributed by atoms with E-state index >= 15 is 0 Å². The Morgan fingerprint density at radius 1 is 1.00 bits per heavy atom. The molecule has 0 fully saturated rings. The molecule has 0 bridgehead atoms. The molecule has 7 heteroatoms. The molecule has 0 aliphatic heterocycles. The minimum Gasteiger partial charge on any atom is -0.463 e. The maximum Gasteiger partial charge on any atom is 0.375 e. The van der Waals surface area contributed by atoms with Crippen molar-refractivity contribution in [3.63, 3.8) is 0 Å². The van der Waals surface area contributed by atoms with E-state index in [4.69, 9.17) is 14.2 Å². The summed E-state index contributed by atoms with van der Waals surface area (Å²) in [7, 11) is 4.77. The lowest BCUT2D eigenvalue weighted by Crippen LogP contribution is -2.25. The highest BCUT2D eigenvalue weighted by Gasteiger charge is 2.26. The first-order valence-corrected chi connectivity index (χ1v) is 10.2. The predicted octanol–water partition coefficient (Wildman–Crippen LogP) is 4.75. The Kier molecular flexibility index (Phi) is 7.94. The summed E-state index contributed by atoms with van der Waals surface area (Å²) in [5.74, 6) is -1.02. The van der Waals surface area contributed by atoms with Crippen LogP contribution in [0.25, 0.3) is 0 Å². The molecule has 0 N–H and O–H groups in total. The third kappa shape index (κ3) is 6.84. The number of carbonyl (C=O) groups is 2. The van der Waals surface area contributed by atoms with E-state index < -0.39 is 17.5 Å². The van der Waals surface area contributed by atoms with E-state index in [0.29, 0.717) is 4.90 Å². The minimum absolute atomic E-state index is 0.0471. The molecule has 6 nitrogen and oxygen atoms in total. The number of hydrogen-bond donors (Lipinski definition) is 0. The fourth-order valence-electron chi connectivity index (χ4n) is 2.40. The molecule has 160 valence electrons. The van der Waals surface area contributed by atoms with Crippen molar-refractivity contribution in [2.24, 2.45) is 0 Å². The molecule has 0 spiro atoms. The zero-order valence-electron chi connectivity index (χ0n) is 18.1. The van der Waals surface area contributed by atoms with Crippen LogP contribution in [0.2, 0.25) is 0 Å². The smallest absolute Gasteiger partial charge is 0.375 e. The standard InChI is InChI=1S/C23H27NO5S/c1-23(2,3)29-22(26)20-17(28-18(15-24(4)5)21(25)27-6)13-10-14-19(20)30-16-11-8-7-9-12-16/h7-15H,1-6H3. The van der Waals surface area contributed by atoms with Crippen molar-refractivity contribution in [2.75, 3.05) is 21.2 Å². The number of benzene rings is 2. The molecular weight excluding hydrogens is 402 g/mol. The first kappa shape index (κ1) is 23.3. The first-order valence-electron chi connectivity index (χ1n) is 9.34. The monoisotopic (exact) mass is 429 g/mol. The number of ether oxygens (including phenoxy) is 3. The van der Waals surface area contributed by atoms with Crippen molar-refractivity contribution >= 4 is 23.7 Å². The van der Waals surface area contributed by atoms with Crippen molar-refractivity contribution in [2.45, 2.75) is 36.2 Å². The second kappa shape index (κ2) is 10.2. The Morgan fingerprint density at radius 3 is 2.23 bits per heavy atom. The van der Waals surface area contributed by atoms with E-state index in [9.17, 15) is 9.59 Å². The van der Waals surface area contributed by atoms with Crippen LogP contribution in [-0.4, -0.2) is 43.6 Å². The van der Waals surface area contributed by atoms with Crippen LogP contribution in [0.15, 0.2) is 70.3 Å². The number of hydrogen-bond acceptors (Lipinski definition) is 7. The average molecular weight is 430 g/mol. The molecule has 0 atom stereocenters. The largest absolute Gasteiger partial charge is 0.463 e. The van der Waals surface area contributed by atoms with Gasteiger partial charge in [-0.2, -0.15) is 0 Å². The molecule has 2 aromatic rings. The Labute approximate surface area is 181 Å². The second-order valence-corrected chi connectivity index (χ2v) is 8.71. The molecule has 0 aliphatic rings. The number of nitrogens with zero attached hydrogens (tertiary/aromatic N) is 1. The molecule has 0 saturated heterocycles. The SMILES string of the molecule is COC(=O)C(=CN(C)C)Oc1cccc(Sc2ccccc2)c1C(=O)OC(C)(C)C. The van der Waals surface area contributed by atoms with Gasteiger partial charge >= 0.3 is 11.9 Å². The maximum absolute atomic E-state index is 13.1. The van der Waals surface area contributed by atoms with Crippen LogP contribution < -0.4 is 4.74 Å². The van der Waals surface area contributed by atoms with Gasteiger partial charge in [0.05, 0.1) is 7.11 Å². The second-order valence-electron chi connectivity index (χ2n) is 7.60. The van der Waals surface area contributed by atoms with E-state index in [2.05, 4.69) is 0 Å². The summed E-state index contributed by atoms with van der Waals surface area (Å²) in [5.41, 5.74) is -0.446. The Bertz CT molecular complexity index is 917. The Balaban J connectivity index is 2.54. The molecule has 0 aliphatic carbocycles. The Morgan fingerprint density at radius 2 is 1.67 bits per heavy atom. The summed E-state index contributed by atoms with van der Waals surface area (Å²) in [6.45, 7) is 5.39. The highest BCUT2D eigenvalue weighted by atomic mass is 32.2. The van der Waals surface area contributed by atoms with Crippen molar-refractivity contribution in [3.05, 3.63) is 66.1 Å². The quantitative estimate of drug-likeness (QED) is 0.357. The number of methoxy groups -OCH3 is 1. The maximum atomic E-state index is 13.1. The zero-order valence-corrected chi connectivity index (χ0v) is 18.9. The molecule has 0 radical (unpaired) electrons. The van der Waals surface area contributed by atoms with Gasteiger partial charge in [0.2, 0.25) is 5.76 Å². The third-order valence-corrected chi connectivity index (χ3v) is 4.61. The lowest BCUT2D eigenvalue weighted by Gasteiger charge is -2.22. The van der Waals surface area contributed by atoms with Gasteiger partial charge in [-0.05, 0) is 45.0 Å². The van der Waals surface area contributed by atoms with Crippen LogP contribution in [-0.2, 0) is 14.3 Å². The molecular formula is C23H27NO5S. The highest BCUT2D eigenvalue weighted by molar-refractivity contribution is 7.99. The van der Waals surface area contributed by atoms with Crippen molar-refractivity contribution in [3.8, 4) is 5.75 Å². The summed E-state index contributed by atoms with van der Waals surface area (Å²) >= 11 is 1.41. The summed E-state index contributed by atoms with van der Waals surface area (Å²) in [5, 5.41) is 0. The van der Waals surface area contributed by atoms with Gasteiger partial charge in [-0.15, -0.1) is 0 Å². The summed E-state index contributed by atoms with van der Waals surface area (Å²) in [6, 6.07) is 14.9. The van der Waals surface area contributed by atoms with Gasteiger partial charge in [0.1, 0.15) is 16.9 Å². The molecule has 0 saturated carbocycles.